The van der Waals surface area contributed by atoms with E-state index in [4.69, 9.17) is 10.5 Å². The number of primary amides is 1. The minimum Gasteiger partial charge on any atom is -0.371 e. The summed E-state index contributed by atoms with van der Waals surface area (Å²) < 4.78 is 35.0. The molecule has 3 heterocycles. The molecule has 0 spiro atoms. The molecule has 0 saturated carbocycles. The number of fused-ring (bicyclic) bond motifs is 1. The van der Waals surface area contributed by atoms with Crippen LogP contribution < -0.4 is 10.6 Å². The highest BCUT2D eigenvalue weighted by Gasteiger charge is 2.35. The van der Waals surface area contributed by atoms with Crippen LogP contribution >= 0.6 is 11.3 Å². The maximum absolute atomic E-state index is 13.4. The maximum atomic E-state index is 13.4. The molecule has 2 saturated heterocycles. The average molecular weight is 486 g/mol. The maximum Gasteiger partial charge on any atom is 0.259 e. The van der Waals surface area contributed by atoms with E-state index in [1.165, 1.54) is 27.8 Å². The highest BCUT2D eigenvalue weighted by Crippen LogP contribution is 2.38. The van der Waals surface area contributed by atoms with Gasteiger partial charge in [-0.3, -0.25) is 9.59 Å². The summed E-state index contributed by atoms with van der Waals surface area (Å²) in [5.74, 6) is -0.503. The average Bonchev–Trinajstić information content (AvgIpc) is 3.43. The van der Waals surface area contributed by atoms with Gasteiger partial charge in [0, 0.05) is 42.0 Å². The zero-order valence-corrected chi connectivity index (χ0v) is 19.4. The lowest BCUT2D eigenvalue weighted by Gasteiger charge is -2.32. The van der Waals surface area contributed by atoms with E-state index in [1.54, 1.807) is 17.0 Å². The van der Waals surface area contributed by atoms with Crippen molar-refractivity contribution in [1.82, 2.24) is 4.31 Å². The molecule has 1 atom stereocenters. The van der Waals surface area contributed by atoms with Crippen molar-refractivity contribution in [1.29, 1.82) is 0 Å². The van der Waals surface area contributed by atoms with Gasteiger partial charge >= 0.3 is 0 Å². The number of ether oxygens (including phenoxy) is 1. The van der Waals surface area contributed by atoms with E-state index in [1.807, 2.05) is 24.3 Å². The molecule has 172 valence electrons. The van der Waals surface area contributed by atoms with E-state index < -0.39 is 22.0 Å². The van der Waals surface area contributed by atoms with Gasteiger partial charge in [-0.15, -0.1) is 11.3 Å². The quantitative estimate of drug-likeness (QED) is 0.598. The lowest BCUT2D eigenvalue weighted by molar-refractivity contribution is -0.117. The highest BCUT2D eigenvalue weighted by atomic mass is 32.2. The Kier molecular flexibility index (Phi) is 5.69. The first-order valence-electron chi connectivity index (χ1n) is 10.7. The minimum atomic E-state index is -3.79. The molecule has 0 radical (unpaired) electrons. The number of hydrogen-bond acceptors (Lipinski definition) is 6. The number of thiophene rings is 1. The van der Waals surface area contributed by atoms with Gasteiger partial charge < -0.3 is 15.4 Å². The summed E-state index contributed by atoms with van der Waals surface area (Å²) in [5.41, 5.74) is 6.97. The number of nitrogens with two attached hydrogens (primary N) is 1. The van der Waals surface area contributed by atoms with Crippen LogP contribution in [0, 0.1) is 0 Å². The third-order valence-corrected chi connectivity index (χ3v) is 9.15. The molecule has 2 amide bonds. The SMILES string of the molecule is NC(=O)c1sc2ccccc2c1[C@@H]1CN(S(=O)(=O)c2ccc(N3CCCC3=O)cc2)CCO1. The number of carbonyl (C=O) groups excluding carboxylic acids is 2. The van der Waals surface area contributed by atoms with Crippen LogP contribution in [0.25, 0.3) is 10.1 Å². The molecule has 2 fully saturated rings. The Balaban J connectivity index is 1.43. The number of morpholine rings is 1. The number of nitrogens with zero attached hydrogens (tertiary/aromatic N) is 2. The molecule has 8 nitrogen and oxygen atoms in total. The first-order chi connectivity index (χ1) is 15.9. The second-order valence-electron chi connectivity index (χ2n) is 8.07. The van der Waals surface area contributed by atoms with Gasteiger partial charge in [0.2, 0.25) is 15.9 Å². The standard InChI is InChI=1S/C23H23N3O5S2/c24-23(28)22-21(17-4-1-2-5-19(17)32-22)18-14-25(12-13-31-18)33(29,30)16-9-7-15(8-10-16)26-11-3-6-20(26)27/h1-2,4-5,7-10,18H,3,6,11-14H2,(H2,24,28)/t18-/m0/s1. The predicted molar refractivity (Wildman–Crippen MR) is 126 cm³/mol. The molecule has 0 unspecified atom stereocenters. The van der Waals surface area contributed by atoms with E-state index in [0.717, 1.165) is 16.5 Å². The summed E-state index contributed by atoms with van der Waals surface area (Å²) >= 11 is 1.29. The summed E-state index contributed by atoms with van der Waals surface area (Å²) in [6, 6.07) is 14.0. The van der Waals surface area contributed by atoms with E-state index in [0.29, 0.717) is 29.1 Å². The first kappa shape index (κ1) is 22.0. The lowest BCUT2D eigenvalue weighted by atomic mass is 10.0. The van der Waals surface area contributed by atoms with Crippen LogP contribution in [0.15, 0.2) is 53.4 Å². The van der Waals surface area contributed by atoms with Crippen molar-refractivity contribution in [2.45, 2.75) is 23.8 Å². The number of anilines is 1. The number of sulfonamides is 1. The number of hydrogen-bond donors (Lipinski definition) is 1. The van der Waals surface area contributed by atoms with Gasteiger partial charge in [0.1, 0.15) is 0 Å². The minimum absolute atomic E-state index is 0.0508. The van der Waals surface area contributed by atoms with Crippen LogP contribution in [0.2, 0.25) is 0 Å². The van der Waals surface area contributed by atoms with Crippen molar-refractivity contribution >= 4 is 48.9 Å². The van der Waals surface area contributed by atoms with Gasteiger partial charge in [-0.25, -0.2) is 8.42 Å². The number of rotatable bonds is 5. The van der Waals surface area contributed by atoms with E-state index >= 15 is 0 Å². The lowest BCUT2D eigenvalue weighted by Crippen LogP contribution is -2.42. The van der Waals surface area contributed by atoms with E-state index in [2.05, 4.69) is 0 Å². The predicted octanol–water partition coefficient (Wildman–Crippen LogP) is 2.89. The second-order valence-corrected chi connectivity index (χ2v) is 11.1. The smallest absolute Gasteiger partial charge is 0.259 e. The Labute approximate surface area is 195 Å². The van der Waals surface area contributed by atoms with Gasteiger partial charge in [-0.05, 0) is 42.1 Å². The van der Waals surface area contributed by atoms with Crippen molar-refractivity contribution in [3.63, 3.8) is 0 Å². The highest BCUT2D eigenvalue weighted by molar-refractivity contribution is 7.89. The molecule has 2 aromatic carbocycles. The molecule has 33 heavy (non-hydrogen) atoms. The van der Waals surface area contributed by atoms with Crippen molar-refractivity contribution in [3.05, 3.63) is 59.0 Å². The van der Waals surface area contributed by atoms with E-state index in [-0.39, 0.29) is 30.5 Å². The molecule has 10 heteroatoms. The molecular weight excluding hydrogens is 462 g/mol. The van der Waals surface area contributed by atoms with Gasteiger partial charge in [-0.2, -0.15) is 4.31 Å². The number of benzene rings is 2. The van der Waals surface area contributed by atoms with Crippen molar-refractivity contribution < 1.29 is 22.7 Å². The van der Waals surface area contributed by atoms with Crippen LogP contribution in [0.5, 0.6) is 0 Å². The molecule has 2 aliphatic rings. The van der Waals surface area contributed by atoms with Crippen LogP contribution in [-0.2, 0) is 19.6 Å². The molecule has 1 aromatic heterocycles. The zero-order valence-electron chi connectivity index (χ0n) is 17.8. The molecule has 0 aliphatic carbocycles. The Morgan fingerprint density at radius 3 is 2.55 bits per heavy atom. The summed E-state index contributed by atoms with van der Waals surface area (Å²) in [6.45, 7) is 1.13. The molecule has 2 N–H and O–H groups in total. The fourth-order valence-corrected chi connectivity index (χ4v) is 6.99. The van der Waals surface area contributed by atoms with Crippen molar-refractivity contribution in [3.8, 4) is 0 Å². The first-order valence-corrected chi connectivity index (χ1v) is 13.0. The van der Waals surface area contributed by atoms with Crippen LogP contribution in [-0.4, -0.2) is 50.8 Å². The Morgan fingerprint density at radius 2 is 1.85 bits per heavy atom. The largest absolute Gasteiger partial charge is 0.371 e. The monoisotopic (exact) mass is 485 g/mol. The van der Waals surface area contributed by atoms with Gasteiger partial charge in [-0.1, -0.05) is 18.2 Å². The number of amides is 2. The third kappa shape index (κ3) is 3.93. The van der Waals surface area contributed by atoms with Crippen LogP contribution in [0.3, 0.4) is 0 Å². The van der Waals surface area contributed by atoms with E-state index in [9.17, 15) is 18.0 Å². The molecule has 3 aromatic rings. The zero-order chi connectivity index (χ0) is 23.2. The van der Waals surface area contributed by atoms with Crippen molar-refractivity contribution in [2.75, 3.05) is 31.1 Å². The molecule has 0 bridgehead atoms. The van der Waals surface area contributed by atoms with Gasteiger partial charge in [0.25, 0.3) is 5.91 Å². The molecule has 2 aliphatic heterocycles. The Morgan fingerprint density at radius 1 is 1.09 bits per heavy atom. The molecule has 5 rings (SSSR count). The molecular formula is C23H23N3O5S2. The normalized spacial score (nSPS) is 19.9. The fourth-order valence-electron chi connectivity index (χ4n) is 4.46. The topological polar surface area (TPSA) is 110 Å². The van der Waals surface area contributed by atoms with Gasteiger partial charge in [0.15, 0.2) is 0 Å². The summed E-state index contributed by atoms with van der Waals surface area (Å²) in [4.78, 5) is 26.3. The summed E-state index contributed by atoms with van der Waals surface area (Å²) in [5, 5.41) is 0.847. The second kappa shape index (κ2) is 8.53. The van der Waals surface area contributed by atoms with Crippen LogP contribution in [0.4, 0.5) is 5.69 Å². The summed E-state index contributed by atoms with van der Waals surface area (Å²) in [7, 11) is -3.79. The fraction of sp³-hybridized carbons (Fsp3) is 0.304. The Bertz CT molecular complexity index is 1330. The number of carbonyl (C=O) groups is 2. The Hall–Kier alpha value is -2.79. The van der Waals surface area contributed by atoms with Gasteiger partial charge in [0.05, 0.1) is 22.5 Å². The third-order valence-electron chi connectivity index (χ3n) is 6.07. The van der Waals surface area contributed by atoms with Crippen LogP contribution in [0.1, 0.15) is 34.2 Å². The van der Waals surface area contributed by atoms with Crippen molar-refractivity contribution in [2.24, 2.45) is 5.73 Å². The summed E-state index contributed by atoms with van der Waals surface area (Å²) in [6.07, 6.45) is 0.715.